The Bertz CT molecular complexity index is 336. The van der Waals surface area contributed by atoms with Crippen molar-refractivity contribution in [3.05, 3.63) is 30.1 Å². The molecule has 1 heterocycles. The normalized spacial score (nSPS) is 12.7. The second-order valence-corrected chi connectivity index (χ2v) is 2.96. The van der Waals surface area contributed by atoms with Crippen LogP contribution in [0.15, 0.2) is 29.4 Å². The Morgan fingerprint density at radius 3 is 3.07 bits per heavy atom. The molecule has 1 atom stereocenters. The van der Waals surface area contributed by atoms with Gasteiger partial charge in [0.25, 0.3) is 0 Å². The molecule has 0 amide bonds. The zero-order chi connectivity index (χ0) is 11.1. The van der Waals surface area contributed by atoms with Gasteiger partial charge in [0.2, 0.25) is 0 Å². The summed E-state index contributed by atoms with van der Waals surface area (Å²) in [6.45, 7) is 3.84. The second kappa shape index (κ2) is 5.90. The van der Waals surface area contributed by atoms with E-state index in [1.807, 2.05) is 18.2 Å². The molecule has 0 radical (unpaired) electrons. The summed E-state index contributed by atoms with van der Waals surface area (Å²) in [5, 5.41) is 0. The van der Waals surface area contributed by atoms with Crippen molar-refractivity contribution in [3.8, 4) is 0 Å². The molecular weight excluding hydrogens is 192 g/mol. The average molecular weight is 206 g/mol. The van der Waals surface area contributed by atoms with Crippen LogP contribution >= 0.6 is 0 Å². The number of rotatable bonds is 4. The summed E-state index contributed by atoms with van der Waals surface area (Å²) in [5.74, 6) is -0.315. The van der Waals surface area contributed by atoms with Gasteiger partial charge in [0.05, 0.1) is 12.3 Å². The van der Waals surface area contributed by atoms with E-state index in [1.165, 1.54) is 0 Å². The van der Waals surface area contributed by atoms with Gasteiger partial charge in [-0.1, -0.05) is 6.07 Å². The van der Waals surface area contributed by atoms with Gasteiger partial charge in [-0.15, -0.1) is 0 Å². The standard InChI is InChI=1S/C11H14N2O2/c1-3-15-11(14)9(2)13-8-10-6-4-5-7-12-10/h4-9H,3H2,1-2H3. The first-order valence-electron chi connectivity index (χ1n) is 4.85. The number of esters is 1. The largest absolute Gasteiger partial charge is 0.464 e. The summed E-state index contributed by atoms with van der Waals surface area (Å²) < 4.78 is 4.82. The van der Waals surface area contributed by atoms with Crippen LogP contribution in [-0.4, -0.2) is 29.8 Å². The number of carbonyl (C=O) groups is 1. The van der Waals surface area contributed by atoms with E-state index in [1.54, 1.807) is 26.3 Å². The molecule has 0 spiro atoms. The molecule has 0 aromatic carbocycles. The SMILES string of the molecule is CCOC(=O)C(C)N=Cc1ccccn1. The molecule has 0 aliphatic rings. The maximum absolute atomic E-state index is 11.2. The third-order valence-corrected chi connectivity index (χ3v) is 1.75. The van der Waals surface area contributed by atoms with Crippen molar-refractivity contribution in [2.24, 2.45) is 4.99 Å². The van der Waals surface area contributed by atoms with Crippen molar-refractivity contribution in [3.63, 3.8) is 0 Å². The Kier molecular flexibility index (Phi) is 4.47. The molecule has 0 N–H and O–H groups in total. The van der Waals surface area contributed by atoms with E-state index in [9.17, 15) is 4.79 Å². The number of aromatic nitrogens is 1. The lowest BCUT2D eigenvalue weighted by Gasteiger charge is -2.04. The van der Waals surface area contributed by atoms with Gasteiger partial charge in [0, 0.05) is 12.4 Å². The fourth-order valence-electron chi connectivity index (χ4n) is 0.964. The number of carbonyl (C=O) groups excluding carboxylic acids is 1. The van der Waals surface area contributed by atoms with Crippen LogP contribution in [0.5, 0.6) is 0 Å². The van der Waals surface area contributed by atoms with Gasteiger partial charge in [0.15, 0.2) is 0 Å². The lowest BCUT2D eigenvalue weighted by atomic mass is 10.3. The number of hydrogen-bond acceptors (Lipinski definition) is 4. The summed E-state index contributed by atoms with van der Waals surface area (Å²) in [6, 6.07) is 5.03. The number of pyridine rings is 1. The van der Waals surface area contributed by atoms with E-state index in [4.69, 9.17) is 4.74 Å². The van der Waals surface area contributed by atoms with Crippen LogP contribution < -0.4 is 0 Å². The maximum atomic E-state index is 11.2. The van der Waals surface area contributed by atoms with Crippen LogP contribution in [0.2, 0.25) is 0 Å². The van der Waals surface area contributed by atoms with Gasteiger partial charge in [-0.25, -0.2) is 4.79 Å². The van der Waals surface area contributed by atoms with Crippen LogP contribution in [0.1, 0.15) is 19.5 Å². The number of ether oxygens (including phenoxy) is 1. The van der Waals surface area contributed by atoms with Gasteiger partial charge in [-0.3, -0.25) is 9.98 Å². The summed E-state index contributed by atoms with van der Waals surface area (Å²) in [7, 11) is 0. The molecule has 1 aromatic heterocycles. The van der Waals surface area contributed by atoms with Gasteiger partial charge < -0.3 is 4.74 Å². The molecule has 1 unspecified atom stereocenters. The van der Waals surface area contributed by atoms with Crippen LogP contribution in [0.4, 0.5) is 0 Å². The first-order chi connectivity index (χ1) is 7.24. The van der Waals surface area contributed by atoms with E-state index >= 15 is 0 Å². The highest BCUT2D eigenvalue weighted by atomic mass is 16.5. The van der Waals surface area contributed by atoms with E-state index < -0.39 is 6.04 Å². The quantitative estimate of drug-likeness (QED) is 0.553. The first kappa shape index (κ1) is 11.4. The minimum absolute atomic E-state index is 0.315. The molecule has 1 rings (SSSR count). The highest BCUT2D eigenvalue weighted by molar-refractivity contribution is 5.82. The van der Waals surface area contributed by atoms with Crippen LogP contribution in [-0.2, 0) is 9.53 Å². The topological polar surface area (TPSA) is 51.5 Å². The van der Waals surface area contributed by atoms with Crippen molar-refractivity contribution in [2.75, 3.05) is 6.61 Å². The van der Waals surface area contributed by atoms with E-state index in [-0.39, 0.29) is 5.97 Å². The van der Waals surface area contributed by atoms with Crippen molar-refractivity contribution in [2.45, 2.75) is 19.9 Å². The lowest BCUT2D eigenvalue weighted by Crippen LogP contribution is -2.18. The highest BCUT2D eigenvalue weighted by Gasteiger charge is 2.10. The van der Waals surface area contributed by atoms with E-state index in [0.717, 1.165) is 5.69 Å². The Morgan fingerprint density at radius 1 is 1.67 bits per heavy atom. The molecular formula is C11H14N2O2. The Balaban J connectivity index is 2.54. The van der Waals surface area contributed by atoms with Crippen molar-refractivity contribution < 1.29 is 9.53 Å². The Labute approximate surface area is 89.0 Å². The van der Waals surface area contributed by atoms with E-state index in [2.05, 4.69) is 9.98 Å². The molecule has 0 saturated heterocycles. The van der Waals surface area contributed by atoms with Crippen LogP contribution in [0, 0.1) is 0 Å². The lowest BCUT2D eigenvalue weighted by molar-refractivity contribution is -0.144. The van der Waals surface area contributed by atoms with Gasteiger partial charge >= 0.3 is 5.97 Å². The smallest absolute Gasteiger partial charge is 0.330 e. The number of aliphatic imine (C=N–C) groups is 1. The van der Waals surface area contributed by atoms with Crippen LogP contribution in [0.3, 0.4) is 0 Å². The maximum Gasteiger partial charge on any atom is 0.330 e. The molecule has 15 heavy (non-hydrogen) atoms. The molecule has 0 fully saturated rings. The molecule has 4 nitrogen and oxygen atoms in total. The van der Waals surface area contributed by atoms with Gasteiger partial charge in [-0.05, 0) is 26.0 Å². The monoisotopic (exact) mass is 206 g/mol. The zero-order valence-corrected chi connectivity index (χ0v) is 8.88. The van der Waals surface area contributed by atoms with E-state index in [0.29, 0.717) is 6.61 Å². The predicted octanol–water partition coefficient (Wildman–Crippen LogP) is 1.45. The summed E-state index contributed by atoms with van der Waals surface area (Å²) in [4.78, 5) is 19.3. The van der Waals surface area contributed by atoms with Gasteiger partial charge in [0.1, 0.15) is 6.04 Å². The number of hydrogen-bond donors (Lipinski definition) is 0. The third-order valence-electron chi connectivity index (χ3n) is 1.75. The Hall–Kier alpha value is -1.71. The third kappa shape index (κ3) is 3.89. The highest BCUT2D eigenvalue weighted by Crippen LogP contribution is 1.95. The minimum Gasteiger partial charge on any atom is -0.464 e. The fraction of sp³-hybridized carbons (Fsp3) is 0.364. The van der Waals surface area contributed by atoms with Crippen molar-refractivity contribution in [1.29, 1.82) is 0 Å². The minimum atomic E-state index is -0.480. The molecule has 1 aromatic rings. The summed E-state index contributed by atoms with van der Waals surface area (Å²) >= 11 is 0. The Morgan fingerprint density at radius 2 is 2.47 bits per heavy atom. The molecule has 80 valence electrons. The zero-order valence-electron chi connectivity index (χ0n) is 8.88. The fourth-order valence-corrected chi connectivity index (χ4v) is 0.964. The average Bonchev–Trinajstić information content (AvgIpc) is 2.27. The van der Waals surface area contributed by atoms with Crippen LogP contribution in [0.25, 0.3) is 0 Å². The first-order valence-corrected chi connectivity index (χ1v) is 4.85. The molecule has 4 heteroatoms. The predicted molar refractivity (Wildman–Crippen MR) is 57.9 cm³/mol. The second-order valence-electron chi connectivity index (χ2n) is 2.96. The molecule has 0 saturated carbocycles. The van der Waals surface area contributed by atoms with Crippen molar-refractivity contribution in [1.82, 2.24) is 4.98 Å². The molecule has 0 aliphatic carbocycles. The molecule has 0 aliphatic heterocycles. The summed E-state index contributed by atoms with van der Waals surface area (Å²) in [6.07, 6.45) is 3.25. The molecule has 0 bridgehead atoms. The summed E-state index contributed by atoms with van der Waals surface area (Å²) in [5.41, 5.74) is 0.730. The van der Waals surface area contributed by atoms with Gasteiger partial charge in [-0.2, -0.15) is 0 Å². The number of nitrogens with zero attached hydrogens (tertiary/aromatic N) is 2. The van der Waals surface area contributed by atoms with Crippen molar-refractivity contribution >= 4 is 12.2 Å².